The number of alkyl carbamates (subject to hydrolysis) is 2. The number of methoxy groups -OCH3 is 2. The number of H-pyrrole nitrogens is 2. The molecular weight excluding hydrogens is 837 g/mol. The third-order valence-corrected chi connectivity index (χ3v) is 13.9. The molecule has 4 fully saturated rings. The van der Waals surface area contributed by atoms with Gasteiger partial charge in [0.1, 0.15) is 23.7 Å². The maximum Gasteiger partial charge on any atom is 0.407 e. The Morgan fingerprint density at radius 3 is 2.35 bits per heavy atom. The van der Waals surface area contributed by atoms with Crippen molar-refractivity contribution in [1.82, 2.24) is 40.4 Å². The zero-order valence-electron chi connectivity index (χ0n) is 36.9. The van der Waals surface area contributed by atoms with Crippen LogP contribution < -0.4 is 10.6 Å². The summed E-state index contributed by atoms with van der Waals surface area (Å²) in [6.45, 7) is 1.67. The summed E-state index contributed by atoms with van der Waals surface area (Å²) in [5, 5.41) is 7.64. The fourth-order valence-electron chi connectivity index (χ4n) is 10.6. The molecule has 1 aliphatic carbocycles. The van der Waals surface area contributed by atoms with Gasteiger partial charge in [-0.1, -0.05) is 66.4 Å². The molecule has 15 heteroatoms. The van der Waals surface area contributed by atoms with E-state index in [9.17, 15) is 19.2 Å². The van der Waals surface area contributed by atoms with Crippen molar-refractivity contribution < 1.29 is 33.4 Å². The van der Waals surface area contributed by atoms with Crippen LogP contribution in [0.25, 0.3) is 33.1 Å². The molecule has 10 rings (SSSR count). The van der Waals surface area contributed by atoms with Gasteiger partial charge >= 0.3 is 12.2 Å². The summed E-state index contributed by atoms with van der Waals surface area (Å²) >= 11 is 0. The van der Waals surface area contributed by atoms with Crippen LogP contribution in [0, 0.1) is 23.7 Å². The second-order valence-corrected chi connectivity index (χ2v) is 17.7. The lowest BCUT2D eigenvalue weighted by Gasteiger charge is -2.39. The minimum atomic E-state index is -0.887. The molecule has 3 aliphatic heterocycles. The summed E-state index contributed by atoms with van der Waals surface area (Å²) in [6, 6.07) is 25.4. The van der Waals surface area contributed by atoms with Gasteiger partial charge in [0.2, 0.25) is 5.91 Å². The first-order chi connectivity index (χ1) is 32.3. The number of fused-ring (bicyclic) bond motifs is 5. The minimum Gasteiger partial charge on any atom is -0.453 e. The number of imidazole rings is 2. The molecule has 0 radical (unpaired) electrons. The second kappa shape index (κ2) is 18.4. The zero-order valence-corrected chi connectivity index (χ0v) is 36.9. The van der Waals surface area contributed by atoms with Gasteiger partial charge in [-0.2, -0.15) is 0 Å². The SMILES string of the molecule is COC(=O)N[C@H](C(=O)N1[C@@H]2CC[C@@H](C2)[C@H]1c1nc2ccc3cc(C#Cc4ccc(-c5cnc([C@@H]6CCCN6C(=O)[C@H](NC(=O)OC)c6ccccc6)[nH]5)cc4)ccc3c2[nH]1)C1CCOCC1. The molecule has 5 heterocycles. The molecule has 3 saturated heterocycles. The number of nitrogens with one attached hydrogen (secondary N) is 4. The molecule has 4 N–H and O–H groups in total. The molecule has 6 aromatic rings. The third-order valence-electron chi connectivity index (χ3n) is 13.9. The molecule has 6 atom stereocenters. The van der Waals surface area contributed by atoms with Crippen LogP contribution in [0.3, 0.4) is 0 Å². The molecule has 0 unspecified atom stereocenters. The predicted octanol–water partition coefficient (Wildman–Crippen LogP) is 7.47. The van der Waals surface area contributed by atoms with Crippen LogP contribution in [0.4, 0.5) is 9.59 Å². The fraction of sp³-hybridized carbons (Fsp3) is 0.373. The molecule has 1 saturated carbocycles. The predicted molar refractivity (Wildman–Crippen MR) is 246 cm³/mol. The molecule has 0 spiro atoms. The molecule has 338 valence electrons. The molecule has 4 amide bonds. The Labute approximate surface area is 382 Å². The van der Waals surface area contributed by atoms with Crippen molar-refractivity contribution in [2.45, 2.75) is 75.2 Å². The van der Waals surface area contributed by atoms with Crippen molar-refractivity contribution in [3.05, 3.63) is 119 Å². The van der Waals surface area contributed by atoms with Crippen LogP contribution in [-0.4, -0.2) is 99.8 Å². The lowest BCUT2D eigenvalue weighted by atomic mass is 9.89. The Balaban J connectivity index is 0.835. The second-order valence-electron chi connectivity index (χ2n) is 17.7. The summed E-state index contributed by atoms with van der Waals surface area (Å²) < 4.78 is 15.4. The number of nitrogens with zero attached hydrogens (tertiary/aromatic N) is 4. The van der Waals surface area contributed by atoms with Gasteiger partial charge in [0, 0.05) is 42.3 Å². The standard InChI is InChI=1S/C51H52N8O7/c1-64-50(62)56-42(33-7-4-3-5-8-33)48(60)58-24-6-9-41(58)46-52-29-40(54-46)32-15-12-30(13-16-32)10-11-31-14-20-38-35(27-31)18-21-39-44(38)55-47(53-39)45-36-17-19-37(28-36)59(45)49(61)43(57-51(63)65-2)34-22-25-66-26-23-34/h3-5,7-8,12-16,18,20-21,27,29,34,36-37,41-43,45H,6,9,17,19,22-26,28H2,1-2H3,(H,52,54)(H,53,55)(H,56,62)(H,57,63)/t36-,37+,41-,42+,43-,45-/m0/s1. The van der Waals surface area contributed by atoms with E-state index in [4.69, 9.17) is 24.2 Å². The fourth-order valence-corrected chi connectivity index (χ4v) is 10.6. The number of rotatable bonds is 9. The van der Waals surface area contributed by atoms with E-state index < -0.39 is 24.3 Å². The number of benzene rings is 4. The van der Waals surface area contributed by atoms with E-state index in [0.717, 1.165) is 82.1 Å². The first kappa shape index (κ1) is 42.8. The van der Waals surface area contributed by atoms with Gasteiger partial charge in [0.15, 0.2) is 0 Å². The Kier molecular flexibility index (Phi) is 11.9. The number of aromatic amines is 2. The van der Waals surface area contributed by atoms with E-state index in [2.05, 4.69) is 50.6 Å². The molecule has 2 bridgehead atoms. The normalized spacial score (nSPS) is 21.3. The number of likely N-dealkylation sites (tertiary alicyclic amines) is 2. The van der Waals surface area contributed by atoms with E-state index in [1.807, 2.05) is 71.6 Å². The Hall–Kier alpha value is -7.18. The van der Waals surface area contributed by atoms with Gasteiger partial charge in [0.25, 0.3) is 5.91 Å². The first-order valence-corrected chi connectivity index (χ1v) is 22.8. The topological polar surface area (TPSA) is 184 Å². The zero-order chi connectivity index (χ0) is 45.3. The Morgan fingerprint density at radius 1 is 0.803 bits per heavy atom. The number of ether oxygens (including phenoxy) is 3. The van der Waals surface area contributed by atoms with Crippen LogP contribution in [-0.2, 0) is 23.8 Å². The van der Waals surface area contributed by atoms with Crippen LogP contribution >= 0.6 is 0 Å². The van der Waals surface area contributed by atoms with Gasteiger partial charge in [0.05, 0.1) is 49.2 Å². The van der Waals surface area contributed by atoms with Gasteiger partial charge in [-0.15, -0.1) is 0 Å². The smallest absolute Gasteiger partial charge is 0.407 e. The largest absolute Gasteiger partial charge is 0.453 e. The number of piperidine rings is 1. The Bertz CT molecular complexity index is 2840. The summed E-state index contributed by atoms with van der Waals surface area (Å²) in [4.78, 5) is 73.8. The third kappa shape index (κ3) is 8.33. The highest BCUT2D eigenvalue weighted by Crippen LogP contribution is 2.50. The Morgan fingerprint density at radius 2 is 1.56 bits per heavy atom. The van der Waals surface area contributed by atoms with E-state index in [-0.39, 0.29) is 41.8 Å². The monoisotopic (exact) mass is 888 g/mol. The average molecular weight is 889 g/mol. The van der Waals surface area contributed by atoms with Gasteiger partial charge < -0.3 is 44.6 Å². The number of amides is 4. The maximum atomic E-state index is 14.5. The molecule has 4 aliphatic rings. The van der Waals surface area contributed by atoms with Gasteiger partial charge in [-0.05, 0) is 104 Å². The van der Waals surface area contributed by atoms with Crippen LogP contribution in [0.5, 0.6) is 0 Å². The van der Waals surface area contributed by atoms with Gasteiger partial charge in [-0.25, -0.2) is 19.6 Å². The highest BCUT2D eigenvalue weighted by molar-refractivity contribution is 6.04. The average Bonchev–Trinajstić information content (AvgIpc) is 4.23. The maximum absolute atomic E-state index is 14.5. The number of carbonyl (C=O) groups excluding carboxylic acids is 4. The lowest BCUT2D eigenvalue weighted by molar-refractivity contribution is -0.140. The number of hydrogen-bond acceptors (Lipinski definition) is 9. The highest BCUT2D eigenvalue weighted by Gasteiger charge is 2.52. The van der Waals surface area contributed by atoms with Crippen molar-refractivity contribution >= 4 is 45.8 Å². The first-order valence-electron chi connectivity index (χ1n) is 22.8. The van der Waals surface area contributed by atoms with E-state index in [0.29, 0.717) is 44.0 Å². The number of hydrogen-bond donors (Lipinski definition) is 4. The van der Waals surface area contributed by atoms with Crippen molar-refractivity contribution in [1.29, 1.82) is 0 Å². The van der Waals surface area contributed by atoms with Crippen molar-refractivity contribution in [3.63, 3.8) is 0 Å². The summed E-state index contributed by atoms with van der Waals surface area (Å²) in [7, 11) is 2.60. The van der Waals surface area contributed by atoms with Crippen LogP contribution in [0.15, 0.2) is 91.1 Å². The van der Waals surface area contributed by atoms with Crippen LogP contribution in [0.1, 0.15) is 91.4 Å². The highest BCUT2D eigenvalue weighted by atomic mass is 16.5. The summed E-state index contributed by atoms with van der Waals surface area (Å²) in [5.74, 6) is 8.07. The van der Waals surface area contributed by atoms with Crippen molar-refractivity contribution in [2.24, 2.45) is 11.8 Å². The molecule has 66 heavy (non-hydrogen) atoms. The molecule has 2 aromatic heterocycles. The van der Waals surface area contributed by atoms with E-state index >= 15 is 0 Å². The molecule has 4 aromatic carbocycles. The summed E-state index contributed by atoms with van der Waals surface area (Å²) in [5.41, 5.74) is 5.93. The van der Waals surface area contributed by atoms with Crippen molar-refractivity contribution in [3.8, 4) is 23.1 Å². The number of carbonyl (C=O) groups is 4. The lowest BCUT2D eigenvalue weighted by Crippen LogP contribution is -2.55. The summed E-state index contributed by atoms with van der Waals surface area (Å²) in [6.07, 6.45) is 6.34. The van der Waals surface area contributed by atoms with E-state index in [1.54, 1.807) is 11.1 Å². The molecule has 15 nitrogen and oxygen atoms in total. The molecular formula is C51H52N8O7. The quantitative estimate of drug-likeness (QED) is 0.107. The number of aromatic nitrogens is 4. The van der Waals surface area contributed by atoms with Crippen molar-refractivity contribution in [2.75, 3.05) is 34.0 Å². The minimum absolute atomic E-state index is 0.0350. The van der Waals surface area contributed by atoms with Gasteiger partial charge in [-0.3, -0.25) is 9.59 Å². The van der Waals surface area contributed by atoms with Crippen LogP contribution in [0.2, 0.25) is 0 Å². The van der Waals surface area contributed by atoms with E-state index in [1.165, 1.54) is 14.2 Å².